The first kappa shape index (κ1) is 8.76. The first-order valence-corrected chi connectivity index (χ1v) is 4.57. The van der Waals surface area contributed by atoms with E-state index in [9.17, 15) is 4.79 Å². The summed E-state index contributed by atoms with van der Waals surface area (Å²) >= 11 is 0. The standard InChI is InChI=1S/C11H10N2O/c12-6-3-7-13-8-9-4-1-2-5-10(9)11(13)14/h1-2,4-5H,3,7-8H2. The zero-order valence-corrected chi connectivity index (χ0v) is 7.73. The number of nitriles is 1. The minimum Gasteiger partial charge on any atom is -0.333 e. The molecule has 0 fully saturated rings. The highest BCUT2D eigenvalue weighted by atomic mass is 16.2. The van der Waals surface area contributed by atoms with Crippen molar-refractivity contribution in [1.82, 2.24) is 4.90 Å². The van der Waals surface area contributed by atoms with Crippen LogP contribution in [-0.2, 0) is 6.54 Å². The van der Waals surface area contributed by atoms with Crippen LogP contribution >= 0.6 is 0 Å². The molecule has 0 aliphatic carbocycles. The Kier molecular flexibility index (Phi) is 2.19. The quantitative estimate of drug-likeness (QED) is 0.703. The Labute approximate surface area is 82.6 Å². The van der Waals surface area contributed by atoms with E-state index in [1.165, 1.54) is 0 Å². The summed E-state index contributed by atoms with van der Waals surface area (Å²) in [7, 11) is 0. The third-order valence-corrected chi connectivity index (χ3v) is 2.39. The number of hydrogen-bond acceptors (Lipinski definition) is 2. The molecule has 3 heteroatoms. The average Bonchev–Trinajstić information content (AvgIpc) is 2.54. The van der Waals surface area contributed by atoms with Gasteiger partial charge in [0.2, 0.25) is 0 Å². The molecule has 1 heterocycles. The lowest BCUT2D eigenvalue weighted by atomic mass is 10.1. The molecular weight excluding hydrogens is 176 g/mol. The van der Waals surface area contributed by atoms with E-state index in [-0.39, 0.29) is 5.91 Å². The van der Waals surface area contributed by atoms with Crippen LogP contribution in [0, 0.1) is 11.3 Å². The lowest BCUT2D eigenvalue weighted by Gasteiger charge is -2.12. The maximum absolute atomic E-state index is 11.7. The molecule has 1 amide bonds. The molecular formula is C11H10N2O. The predicted octanol–water partition coefficient (Wildman–Crippen LogP) is 1.56. The summed E-state index contributed by atoms with van der Waals surface area (Å²) in [5.41, 5.74) is 1.85. The average molecular weight is 186 g/mol. The van der Waals surface area contributed by atoms with Crippen molar-refractivity contribution in [3.05, 3.63) is 35.4 Å². The van der Waals surface area contributed by atoms with Crippen molar-refractivity contribution >= 4 is 5.91 Å². The van der Waals surface area contributed by atoms with Crippen LogP contribution in [0.1, 0.15) is 22.3 Å². The molecule has 0 saturated heterocycles. The van der Waals surface area contributed by atoms with Crippen LogP contribution < -0.4 is 0 Å². The van der Waals surface area contributed by atoms with Crippen molar-refractivity contribution in [3.63, 3.8) is 0 Å². The van der Waals surface area contributed by atoms with E-state index >= 15 is 0 Å². The number of benzene rings is 1. The highest BCUT2D eigenvalue weighted by Crippen LogP contribution is 2.21. The summed E-state index contributed by atoms with van der Waals surface area (Å²) in [5.74, 6) is 0.0517. The predicted molar refractivity (Wildman–Crippen MR) is 51.4 cm³/mol. The molecule has 1 aliphatic heterocycles. The molecule has 0 atom stereocenters. The molecule has 1 aliphatic rings. The highest BCUT2D eigenvalue weighted by molar-refractivity contribution is 5.98. The second-order valence-electron chi connectivity index (χ2n) is 3.29. The second-order valence-corrected chi connectivity index (χ2v) is 3.29. The zero-order valence-electron chi connectivity index (χ0n) is 7.73. The van der Waals surface area contributed by atoms with Crippen molar-refractivity contribution in [1.29, 1.82) is 5.26 Å². The lowest BCUT2D eigenvalue weighted by molar-refractivity contribution is 0.0782. The van der Waals surface area contributed by atoms with Gasteiger partial charge in [-0.2, -0.15) is 5.26 Å². The number of carbonyl (C=O) groups is 1. The van der Waals surface area contributed by atoms with E-state index in [0.29, 0.717) is 19.5 Å². The van der Waals surface area contributed by atoms with Crippen LogP contribution in [0.25, 0.3) is 0 Å². The summed E-state index contributed by atoms with van der Waals surface area (Å²) in [5, 5.41) is 8.44. The Morgan fingerprint density at radius 3 is 2.93 bits per heavy atom. The van der Waals surface area contributed by atoms with Crippen LogP contribution in [0.4, 0.5) is 0 Å². The molecule has 0 bridgehead atoms. The van der Waals surface area contributed by atoms with Gasteiger partial charge in [-0.3, -0.25) is 4.79 Å². The Morgan fingerprint density at radius 2 is 2.21 bits per heavy atom. The number of amides is 1. The summed E-state index contributed by atoms with van der Waals surface area (Å²) in [6, 6.07) is 9.64. The SMILES string of the molecule is N#CCCN1Cc2ccccc2C1=O. The van der Waals surface area contributed by atoms with Gasteiger partial charge < -0.3 is 4.90 Å². The molecule has 70 valence electrons. The fourth-order valence-corrected chi connectivity index (χ4v) is 1.68. The Morgan fingerprint density at radius 1 is 1.43 bits per heavy atom. The number of rotatable bonds is 2. The van der Waals surface area contributed by atoms with Gasteiger partial charge in [0.05, 0.1) is 12.5 Å². The molecule has 3 nitrogen and oxygen atoms in total. The maximum Gasteiger partial charge on any atom is 0.254 e. The number of nitrogens with zero attached hydrogens (tertiary/aromatic N) is 2. The Bertz CT molecular complexity index is 406. The van der Waals surface area contributed by atoms with Crippen LogP contribution in [0.2, 0.25) is 0 Å². The van der Waals surface area contributed by atoms with Crippen molar-refractivity contribution in [2.24, 2.45) is 0 Å². The van der Waals surface area contributed by atoms with Crippen LogP contribution in [0.15, 0.2) is 24.3 Å². The molecule has 1 aromatic rings. The van der Waals surface area contributed by atoms with Gasteiger partial charge in [-0.25, -0.2) is 0 Å². The van der Waals surface area contributed by atoms with Gasteiger partial charge in [-0.15, -0.1) is 0 Å². The number of carbonyl (C=O) groups excluding carboxylic acids is 1. The topological polar surface area (TPSA) is 44.1 Å². The minimum atomic E-state index is 0.0517. The largest absolute Gasteiger partial charge is 0.333 e. The second kappa shape index (κ2) is 3.51. The van der Waals surface area contributed by atoms with Crippen molar-refractivity contribution in [2.45, 2.75) is 13.0 Å². The van der Waals surface area contributed by atoms with Crippen LogP contribution in [0.3, 0.4) is 0 Å². The third-order valence-electron chi connectivity index (χ3n) is 2.39. The molecule has 0 saturated carbocycles. The fraction of sp³-hybridized carbons (Fsp3) is 0.273. The van der Waals surface area contributed by atoms with Gasteiger partial charge in [0, 0.05) is 18.7 Å². The summed E-state index contributed by atoms with van der Waals surface area (Å²) in [6.45, 7) is 1.18. The Hall–Kier alpha value is -1.82. The van der Waals surface area contributed by atoms with E-state index in [2.05, 4.69) is 0 Å². The number of hydrogen-bond donors (Lipinski definition) is 0. The highest BCUT2D eigenvalue weighted by Gasteiger charge is 2.25. The van der Waals surface area contributed by atoms with Crippen molar-refractivity contribution in [2.75, 3.05) is 6.54 Å². The van der Waals surface area contributed by atoms with Crippen LogP contribution in [0.5, 0.6) is 0 Å². The van der Waals surface area contributed by atoms with Crippen molar-refractivity contribution < 1.29 is 4.79 Å². The molecule has 0 N–H and O–H groups in total. The van der Waals surface area contributed by atoms with E-state index in [1.54, 1.807) is 4.90 Å². The summed E-state index contributed by atoms with van der Waals surface area (Å²) < 4.78 is 0. The normalized spacial score (nSPS) is 13.9. The van der Waals surface area contributed by atoms with Crippen molar-refractivity contribution in [3.8, 4) is 6.07 Å². The number of fused-ring (bicyclic) bond motifs is 1. The zero-order chi connectivity index (χ0) is 9.97. The van der Waals surface area contributed by atoms with Gasteiger partial charge in [-0.05, 0) is 11.6 Å². The van der Waals surface area contributed by atoms with Gasteiger partial charge in [0.1, 0.15) is 0 Å². The van der Waals surface area contributed by atoms with Gasteiger partial charge >= 0.3 is 0 Å². The lowest BCUT2D eigenvalue weighted by Crippen LogP contribution is -2.24. The van der Waals surface area contributed by atoms with E-state index in [1.807, 2.05) is 30.3 Å². The molecule has 1 aromatic carbocycles. The molecule has 0 radical (unpaired) electrons. The smallest absolute Gasteiger partial charge is 0.254 e. The van der Waals surface area contributed by atoms with Gasteiger partial charge in [0.15, 0.2) is 0 Å². The van der Waals surface area contributed by atoms with Crippen LogP contribution in [-0.4, -0.2) is 17.4 Å². The molecule has 0 unspecified atom stereocenters. The van der Waals surface area contributed by atoms with Gasteiger partial charge in [-0.1, -0.05) is 18.2 Å². The first-order valence-electron chi connectivity index (χ1n) is 4.57. The fourth-order valence-electron chi connectivity index (χ4n) is 1.68. The van der Waals surface area contributed by atoms with E-state index in [4.69, 9.17) is 5.26 Å². The molecule has 2 rings (SSSR count). The maximum atomic E-state index is 11.7. The van der Waals surface area contributed by atoms with E-state index < -0.39 is 0 Å². The summed E-state index contributed by atoms with van der Waals surface area (Å²) in [6.07, 6.45) is 0.403. The Balaban J connectivity index is 2.18. The van der Waals surface area contributed by atoms with Gasteiger partial charge in [0.25, 0.3) is 5.91 Å². The molecule has 0 spiro atoms. The van der Waals surface area contributed by atoms with E-state index in [0.717, 1.165) is 11.1 Å². The first-order chi connectivity index (χ1) is 6.83. The third kappa shape index (κ3) is 1.35. The monoisotopic (exact) mass is 186 g/mol. The molecule has 14 heavy (non-hydrogen) atoms. The summed E-state index contributed by atoms with van der Waals surface area (Å²) in [4.78, 5) is 13.4. The minimum absolute atomic E-state index is 0.0517. The molecule has 0 aromatic heterocycles.